The van der Waals surface area contributed by atoms with Gasteiger partial charge in [-0.05, 0) is 75.4 Å². The van der Waals surface area contributed by atoms with Crippen LogP contribution in [0, 0.1) is 29.1 Å². The molecule has 0 aromatic heterocycles. The van der Waals surface area contributed by atoms with E-state index in [-0.39, 0.29) is 47.0 Å². The van der Waals surface area contributed by atoms with Crippen molar-refractivity contribution < 1.29 is 33.3 Å². The first-order chi connectivity index (χ1) is 17.8. The van der Waals surface area contributed by atoms with E-state index in [2.05, 4.69) is 40.7 Å². The van der Waals surface area contributed by atoms with Gasteiger partial charge in [0.1, 0.15) is 23.4 Å². The van der Waals surface area contributed by atoms with Gasteiger partial charge in [-0.25, -0.2) is 0 Å². The van der Waals surface area contributed by atoms with Crippen LogP contribution in [0.15, 0.2) is 23.8 Å². The zero-order chi connectivity index (χ0) is 27.7. The molecular formula is C31H44O7. The maximum atomic E-state index is 12.4. The molecule has 0 aromatic carbocycles. The van der Waals surface area contributed by atoms with Crippen LogP contribution in [-0.2, 0) is 33.3 Å². The summed E-state index contributed by atoms with van der Waals surface area (Å²) in [5, 5.41) is 0. The third-order valence-corrected chi connectivity index (χ3v) is 10.6. The van der Waals surface area contributed by atoms with Crippen molar-refractivity contribution in [2.75, 3.05) is 0 Å². The Morgan fingerprint density at radius 2 is 1.79 bits per heavy atom. The van der Waals surface area contributed by atoms with E-state index in [9.17, 15) is 14.4 Å². The van der Waals surface area contributed by atoms with Gasteiger partial charge in [0.25, 0.3) is 0 Å². The molecule has 4 fully saturated rings. The maximum Gasteiger partial charge on any atom is 0.303 e. The van der Waals surface area contributed by atoms with Crippen LogP contribution in [0.1, 0.15) is 93.4 Å². The number of ether oxygens (including phenoxy) is 4. The van der Waals surface area contributed by atoms with Crippen molar-refractivity contribution in [3.05, 3.63) is 23.8 Å². The van der Waals surface area contributed by atoms with Crippen LogP contribution in [0.2, 0.25) is 0 Å². The van der Waals surface area contributed by atoms with Gasteiger partial charge in [0.05, 0.1) is 0 Å². The molecule has 5 aliphatic rings. The van der Waals surface area contributed by atoms with Gasteiger partial charge >= 0.3 is 11.9 Å². The van der Waals surface area contributed by atoms with Gasteiger partial charge in [-0.2, -0.15) is 0 Å². The van der Waals surface area contributed by atoms with E-state index in [4.69, 9.17) is 18.9 Å². The SMILES string of the molecule is CC(=O)OC(CCC(C)C)[C@@H](C)[C@]12CC[C@@]3(O1)[C@@H]1CCC4=CC(=O)C=C[C@]4(C)[C@H]1C[C@H](OC(C)=O)[C@]3(C)O2. The Balaban J connectivity index is 1.54. The van der Waals surface area contributed by atoms with Crippen LogP contribution >= 0.6 is 0 Å². The van der Waals surface area contributed by atoms with E-state index in [0.717, 1.165) is 37.7 Å². The second-order valence-corrected chi connectivity index (χ2v) is 13.2. The van der Waals surface area contributed by atoms with Gasteiger partial charge in [0, 0.05) is 31.6 Å². The van der Waals surface area contributed by atoms with Gasteiger partial charge < -0.3 is 18.9 Å². The largest absolute Gasteiger partial charge is 0.462 e. The molecule has 0 radical (unpaired) electrons. The maximum absolute atomic E-state index is 12.4. The lowest BCUT2D eigenvalue weighted by molar-refractivity contribution is -0.253. The lowest BCUT2D eigenvalue weighted by atomic mass is 9.47. The third-order valence-electron chi connectivity index (χ3n) is 10.6. The quantitative estimate of drug-likeness (QED) is 0.406. The molecule has 0 aromatic rings. The first-order valence-corrected chi connectivity index (χ1v) is 14.5. The Kier molecular flexibility index (Phi) is 6.74. The molecular weight excluding hydrogens is 484 g/mol. The number of hydrogen-bond acceptors (Lipinski definition) is 7. The zero-order valence-electron chi connectivity index (χ0n) is 24.0. The van der Waals surface area contributed by atoms with Gasteiger partial charge in [-0.3, -0.25) is 14.4 Å². The number of fused-ring (bicyclic) bond motifs is 4. The normalized spacial score (nSPS) is 42.6. The summed E-state index contributed by atoms with van der Waals surface area (Å²) in [4.78, 5) is 36.7. The monoisotopic (exact) mass is 528 g/mol. The molecule has 7 heteroatoms. The minimum Gasteiger partial charge on any atom is -0.462 e. The molecule has 5 rings (SSSR count). The molecule has 0 N–H and O–H groups in total. The highest BCUT2D eigenvalue weighted by molar-refractivity contribution is 6.01. The van der Waals surface area contributed by atoms with Gasteiger partial charge in [0.15, 0.2) is 11.6 Å². The summed E-state index contributed by atoms with van der Waals surface area (Å²) in [6.45, 7) is 13.6. The average molecular weight is 529 g/mol. The van der Waals surface area contributed by atoms with E-state index in [1.54, 1.807) is 12.2 Å². The van der Waals surface area contributed by atoms with Crippen molar-refractivity contribution in [3.8, 4) is 0 Å². The predicted octanol–water partition coefficient (Wildman–Crippen LogP) is 5.46. The van der Waals surface area contributed by atoms with E-state index in [1.165, 1.54) is 13.8 Å². The highest BCUT2D eigenvalue weighted by Crippen LogP contribution is 2.71. The van der Waals surface area contributed by atoms with Crippen molar-refractivity contribution in [2.24, 2.45) is 29.1 Å². The standard InChI is InChI=1S/C31H44O7/c1-18(2)8-11-26(35-20(4)32)19(3)31-15-14-30(38-31)24-10-9-22-16-23(34)12-13-28(22,6)25(24)17-27(36-21(5)33)29(30,7)37-31/h12-13,16,18-19,24-27H,8-11,14-15,17H2,1-7H3/t19-,24-,25+,26?,27+,28+,29+,30-,31+/m1/s1. The van der Waals surface area contributed by atoms with Crippen LogP contribution in [-0.4, -0.2) is 46.9 Å². The van der Waals surface area contributed by atoms with Crippen LogP contribution in [0.4, 0.5) is 0 Å². The minimum atomic E-state index is -0.922. The highest BCUT2D eigenvalue weighted by atomic mass is 16.8. The molecule has 1 spiro atoms. The number of esters is 2. The summed E-state index contributed by atoms with van der Waals surface area (Å²) in [6.07, 6.45) is 10.3. The molecule has 2 saturated carbocycles. The molecule has 7 nitrogen and oxygen atoms in total. The number of carbonyl (C=O) groups is 3. The summed E-state index contributed by atoms with van der Waals surface area (Å²) in [5.41, 5.74) is -0.594. The number of carbonyl (C=O) groups excluding carboxylic acids is 3. The van der Waals surface area contributed by atoms with Gasteiger partial charge in [0.2, 0.25) is 0 Å². The fourth-order valence-electron chi connectivity index (χ4n) is 8.58. The Morgan fingerprint density at radius 1 is 1.05 bits per heavy atom. The van der Waals surface area contributed by atoms with Crippen LogP contribution in [0.3, 0.4) is 0 Å². The van der Waals surface area contributed by atoms with E-state index >= 15 is 0 Å². The summed E-state index contributed by atoms with van der Waals surface area (Å²) in [7, 11) is 0. The van der Waals surface area contributed by atoms with Crippen LogP contribution in [0.25, 0.3) is 0 Å². The lowest BCUT2D eigenvalue weighted by Crippen LogP contribution is -2.69. The van der Waals surface area contributed by atoms with Crippen molar-refractivity contribution in [2.45, 2.75) is 123 Å². The van der Waals surface area contributed by atoms with Crippen LogP contribution in [0.5, 0.6) is 0 Å². The van der Waals surface area contributed by atoms with Gasteiger partial charge in [-0.1, -0.05) is 39.3 Å². The second kappa shape index (κ2) is 9.29. The fourth-order valence-corrected chi connectivity index (χ4v) is 8.58. The van der Waals surface area contributed by atoms with Crippen molar-refractivity contribution >= 4 is 17.7 Å². The van der Waals surface area contributed by atoms with Crippen molar-refractivity contribution in [1.82, 2.24) is 0 Å². The number of hydrogen-bond donors (Lipinski definition) is 0. The highest BCUT2D eigenvalue weighted by Gasteiger charge is 2.79. The average Bonchev–Trinajstić information content (AvgIpc) is 3.34. The molecule has 2 heterocycles. The molecule has 9 atom stereocenters. The number of rotatable bonds is 7. The molecule has 38 heavy (non-hydrogen) atoms. The Hall–Kier alpha value is -1.99. The Bertz CT molecular complexity index is 1080. The first kappa shape index (κ1) is 27.6. The molecule has 2 saturated heterocycles. The minimum absolute atomic E-state index is 0.0401. The molecule has 3 aliphatic carbocycles. The second-order valence-electron chi connectivity index (χ2n) is 13.2. The predicted molar refractivity (Wildman–Crippen MR) is 141 cm³/mol. The van der Waals surface area contributed by atoms with Crippen molar-refractivity contribution in [3.63, 3.8) is 0 Å². The van der Waals surface area contributed by atoms with Gasteiger partial charge in [-0.15, -0.1) is 0 Å². The topological polar surface area (TPSA) is 88.1 Å². The first-order valence-electron chi connectivity index (χ1n) is 14.5. The summed E-state index contributed by atoms with van der Waals surface area (Å²) >= 11 is 0. The lowest BCUT2D eigenvalue weighted by Gasteiger charge is -2.61. The molecule has 2 bridgehead atoms. The molecule has 0 amide bonds. The number of ketones is 1. The molecule has 1 unspecified atom stereocenters. The molecule has 2 aliphatic heterocycles. The Morgan fingerprint density at radius 3 is 2.45 bits per heavy atom. The summed E-state index contributed by atoms with van der Waals surface area (Å²) < 4.78 is 26.1. The fraction of sp³-hybridized carbons (Fsp3) is 0.774. The smallest absolute Gasteiger partial charge is 0.303 e. The van der Waals surface area contributed by atoms with Crippen molar-refractivity contribution in [1.29, 1.82) is 0 Å². The Labute approximate surface area is 226 Å². The zero-order valence-corrected chi connectivity index (χ0v) is 24.0. The number of allylic oxidation sites excluding steroid dienone is 4. The molecule has 210 valence electrons. The van der Waals surface area contributed by atoms with E-state index in [0.29, 0.717) is 18.8 Å². The van der Waals surface area contributed by atoms with E-state index < -0.39 is 23.1 Å². The summed E-state index contributed by atoms with van der Waals surface area (Å²) in [5.74, 6) is -0.905. The summed E-state index contributed by atoms with van der Waals surface area (Å²) in [6, 6.07) is 0. The van der Waals surface area contributed by atoms with Crippen LogP contribution < -0.4 is 0 Å². The third kappa shape index (κ3) is 4.02. The van der Waals surface area contributed by atoms with E-state index in [1.807, 2.05) is 0 Å².